The molecule has 0 aliphatic carbocycles. The van der Waals surface area contributed by atoms with E-state index in [1.165, 1.54) is 0 Å². The lowest BCUT2D eigenvalue weighted by Gasteiger charge is -2.17. The highest BCUT2D eigenvalue weighted by atomic mass is 35.5. The molecule has 2 N–H and O–H groups in total. The maximum absolute atomic E-state index is 6.00. The number of hydrogen-bond acceptors (Lipinski definition) is 3. The third kappa shape index (κ3) is 4.75. The van der Waals surface area contributed by atoms with Crippen LogP contribution in [-0.2, 0) is 6.42 Å². The van der Waals surface area contributed by atoms with Gasteiger partial charge in [-0.3, -0.25) is 0 Å². The van der Waals surface area contributed by atoms with Crippen LogP contribution in [0.25, 0.3) is 0 Å². The van der Waals surface area contributed by atoms with Crippen LogP contribution in [0.5, 0.6) is 11.5 Å². The number of para-hydroxylation sites is 1. The Balaban J connectivity index is 0.00000289. The lowest BCUT2D eigenvalue weighted by Crippen LogP contribution is -2.21. The molecule has 0 radical (unpaired) electrons. The maximum Gasteiger partial charge on any atom is 0.164 e. The van der Waals surface area contributed by atoms with Gasteiger partial charge in [0.15, 0.2) is 11.5 Å². The quantitative estimate of drug-likeness (QED) is 0.830. The summed E-state index contributed by atoms with van der Waals surface area (Å²) in [7, 11) is 0. The number of ether oxygens (including phenoxy) is 2. The molecular formula is C14H24ClNO2. The van der Waals surface area contributed by atoms with Crippen molar-refractivity contribution in [2.45, 2.75) is 39.7 Å². The van der Waals surface area contributed by atoms with Crippen molar-refractivity contribution in [3.63, 3.8) is 0 Å². The minimum atomic E-state index is 0. The molecule has 1 aromatic carbocycles. The minimum Gasteiger partial charge on any atom is -0.490 e. The van der Waals surface area contributed by atoms with E-state index in [2.05, 4.69) is 13.0 Å². The lowest BCUT2D eigenvalue weighted by atomic mass is 10.0. The Morgan fingerprint density at radius 3 is 2.33 bits per heavy atom. The summed E-state index contributed by atoms with van der Waals surface area (Å²) in [6.45, 7) is 7.33. The molecule has 1 unspecified atom stereocenters. The Bertz CT molecular complexity index is 345. The second-order valence-electron chi connectivity index (χ2n) is 3.98. The molecule has 0 aliphatic rings. The molecule has 0 saturated heterocycles. The van der Waals surface area contributed by atoms with Gasteiger partial charge in [-0.05, 0) is 38.3 Å². The highest BCUT2D eigenvalue weighted by molar-refractivity contribution is 5.85. The average molecular weight is 274 g/mol. The molecular weight excluding hydrogens is 250 g/mol. The van der Waals surface area contributed by atoms with Crippen molar-refractivity contribution in [3.05, 3.63) is 23.8 Å². The molecule has 18 heavy (non-hydrogen) atoms. The van der Waals surface area contributed by atoms with E-state index in [0.717, 1.165) is 29.9 Å². The molecule has 0 saturated carbocycles. The van der Waals surface area contributed by atoms with E-state index >= 15 is 0 Å². The van der Waals surface area contributed by atoms with Crippen LogP contribution in [0.2, 0.25) is 0 Å². The zero-order valence-corrected chi connectivity index (χ0v) is 12.3. The highest BCUT2D eigenvalue weighted by Crippen LogP contribution is 2.32. The second-order valence-corrected chi connectivity index (χ2v) is 3.98. The molecule has 0 fully saturated rings. The van der Waals surface area contributed by atoms with Crippen LogP contribution < -0.4 is 15.2 Å². The summed E-state index contributed by atoms with van der Waals surface area (Å²) in [6.07, 6.45) is 1.79. The van der Waals surface area contributed by atoms with Gasteiger partial charge in [0.25, 0.3) is 0 Å². The van der Waals surface area contributed by atoms with Crippen molar-refractivity contribution in [1.29, 1.82) is 0 Å². The molecule has 0 aliphatic heterocycles. The number of hydrogen-bond donors (Lipinski definition) is 1. The fraction of sp³-hybridized carbons (Fsp3) is 0.571. The van der Waals surface area contributed by atoms with Gasteiger partial charge in [-0.25, -0.2) is 0 Å². The van der Waals surface area contributed by atoms with Crippen LogP contribution in [0.3, 0.4) is 0 Å². The first kappa shape index (κ1) is 17.1. The van der Waals surface area contributed by atoms with Crippen molar-refractivity contribution in [3.8, 4) is 11.5 Å². The Labute approximate surface area is 116 Å². The van der Waals surface area contributed by atoms with Gasteiger partial charge < -0.3 is 15.2 Å². The van der Waals surface area contributed by atoms with Crippen molar-refractivity contribution in [2.24, 2.45) is 5.73 Å². The number of benzene rings is 1. The maximum atomic E-state index is 6.00. The summed E-state index contributed by atoms with van der Waals surface area (Å²) in [5.74, 6) is 1.66. The summed E-state index contributed by atoms with van der Waals surface area (Å²) in [6, 6.07) is 6.16. The minimum absolute atomic E-state index is 0. The van der Waals surface area contributed by atoms with Gasteiger partial charge in [-0.15, -0.1) is 12.4 Å². The fourth-order valence-electron chi connectivity index (χ4n) is 1.73. The SMILES string of the molecule is CCOc1cccc(CC(N)CC)c1OCC.Cl. The number of rotatable bonds is 7. The molecule has 4 heteroatoms. The topological polar surface area (TPSA) is 44.5 Å². The van der Waals surface area contributed by atoms with Crippen molar-refractivity contribution >= 4 is 12.4 Å². The Morgan fingerprint density at radius 1 is 1.11 bits per heavy atom. The molecule has 0 bridgehead atoms. The van der Waals surface area contributed by atoms with Crippen LogP contribution >= 0.6 is 12.4 Å². The van der Waals surface area contributed by atoms with Crippen molar-refractivity contribution < 1.29 is 9.47 Å². The van der Waals surface area contributed by atoms with Crippen molar-refractivity contribution in [2.75, 3.05) is 13.2 Å². The Kier molecular flexibility index (Phi) is 8.59. The van der Waals surface area contributed by atoms with Crippen LogP contribution in [0.15, 0.2) is 18.2 Å². The van der Waals surface area contributed by atoms with Gasteiger partial charge in [-0.2, -0.15) is 0 Å². The van der Waals surface area contributed by atoms with E-state index in [9.17, 15) is 0 Å². The first-order valence-electron chi connectivity index (χ1n) is 6.35. The van der Waals surface area contributed by atoms with E-state index < -0.39 is 0 Å². The largest absolute Gasteiger partial charge is 0.490 e. The van der Waals surface area contributed by atoms with Gasteiger partial charge in [0.05, 0.1) is 13.2 Å². The molecule has 0 aromatic heterocycles. The molecule has 0 amide bonds. The number of halogens is 1. The molecule has 1 rings (SSSR count). The van der Waals surface area contributed by atoms with E-state index in [1.54, 1.807) is 0 Å². The first-order chi connectivity index (χ1) is 8.22. The van der Waals surface area contributed by atoms with Crippen LogP contribution in [0, 0.1) is 0 Å². The first-order valence-corrected chi connectivity index (χ1v) is 6.35. The zero-order valence-electron chi connectivity index (χ0n) is 11.4. The third-order valence-electron chi connectivity index (χ3n) is 2.66. The van der Waals surface area contributed by atoms with E-state index in [4.69, 9.17) is 15.2 Å². The molecule has 1 atom stereocenters. The third-order valence-corrected chi connectivity index (χ3v) is 2.66. The normalized spacial score (nSPS) is 11.6. The summed E-state index contributed by atoms with van der Waals surface area (Å²) in [5.41, 5.74) is 7.13. The lowest BCUT2D eigenvalue weighted by molar-refractivity contribution is 0.285. The number of nitrogens with two attached hydrogens (primary N) is 1. The Hall–Kier alpha value is -0.930. The summed E-state index contributed by atoms with van der Waals surface area (Å²) >= 11 is 0. The Morgan fingerprint density at radius 2 is 1.78 bits per heavy atom. The standard InChI is InChI=1S/C14H23NO2.ClH/c1-4-12(15)10-11-8-7-9-13(16-5-2)14(11)17-6-3;/h7-9,12H,4-6,10,15H2,1-3H3;1H. The van der Waals surface area contributed by atoms with E-state index in [0.29, 0.717) is 13.2 Å². The smallest absolute Gasteiger partial charge is 0.164 e. The van der Waals surface area contributed by atoms with Crippen molar-refractivity contribution in [1.82, 2.24) is 0 Å². The summed E-state index contributed by atoms with van der Waals surface area (Å²) < 4.78 is 11.3. The molecule has 0 spiro atoms. The van der Waals surface area contributed by atoms with Crippen LogP contribution in [-0.4, -0.2) is 19.3 Å². The average Bonchev–Trinajstić information content (AvgIpc) is 2.33. The predicted octanol–water partition coefficient (Wildman–Crippen LogP) is 3.19. The van der Waals surface area contributed by atoms with E-state index in [1.807, 2.05) is 26.0 Å². The molecule has 3 nitrogen and oxygen atoms in total. The molecule has 1 aromatic rings. The van der Waals surface area contributed by atoms with Crippen LogP contribution in [0.1, 0.15) is 32.8 Å². The van der Waals surface area contributed by atoms with Gasteiger partial charge in [0.1, 0.15) is 0 Å². The second kappa shape index (κ2) is 9.06. The monoisotopic (exact) mass is 273 g/mol. The summed E-state index contributed by atoms with van der Waals surface area (Å²) in [4.78, 5) is 0. The van der Waals surface area contributed by atoms with Gasteiger partial charge >= 0.3 is 0 Å². The summed E-state index contributed by atoms with van der Waals surface area (Å²) in [5, 5.41) is 0. The predicted molar refractivity (Wildman–Crippen MR) is 78.0 cm³/mol. The van der Waals surface area contributed by atoms with Gasteiger partial charge in [0.2, 0.25) is 0 Å². The van der Waals surface area contributed by atoms with Gasteiger partial charge in [0, 0.05) is 6.04 Å². The molecule has 0 heterocycles. The molecule has 104 valence electrons. The zero-order chi connectivity index (χ0) is 12.7. The fourth-order valence-corrected chi connectivity index (χ4v) is 1.73. The van der Waals surface area contributed by atoms with Gasteiger partial charge in [-0.1, -0.05) is 19.1 Å². The highest BCUT2D eigenvalue weighted by Gasteiger charge is 2.12. The van der Waals surface area contributed by atoms with E-state index in [-0.39, 0.29) is 18.4 Å². The van der Waals surface area contributed by atoms with Crippen LogP contribution in [0.4, 0.5) is 0 Å².